The average molecular weight is 182 g/mol. The number of hydrogen-bond donors (Lipinski definition) is 0. The van der Waals surface area contributed by atoms with E-state index in [1.54, 1.807) is 0 Å². The van der Waals surface area contributed by atoms with Gasteiger partial charge in [0, 0.05) is 10.4 Å². The molecular weight excluding hydrogens is 168 g/mol. The summed E-state index contributed by atoms with van der Waals surface area (Å²) in [6.45, 7) is 4.46. The van der Waals surface area contributed by atoms with Crippen molar-refractivity contribution in [3.05, 3.63) is 0 Å². The van der Waals surface area contributed by atoms with Gasteiger partial charge in [-0.25, -0.2) is 0 Å². The predicted molar refractivity (Wildman–Crippen MR) is 40.3 cm³/mol. The highest BCUT2D eigenvalue weighted by Gasteiger charge is 1.75. The third-order valence-corrected chi connectivity index (χ3v) is 0.957. The molecule has 0 radical (unpaired) electrons. The molecule has 0 heterocycles. The lowest BCUT2D eigenvalue weighted by Gasteiger charge is -2.06. The summed E-state index contributed by atoms with van der Waals surface area (Å²) >= 11 is 0. The molecule has 4 nitrogen and oxygen atoms in total. The normalized spacial score (nSPS) is 10.2. The second-order valence-corrected chi connectivity index (χ2v) is 2.93. The van der Waals surface area contributed by atoms with Crippen LogP contribution in [0, 0.1) is 0 Å². The van der Waals surface area contributed by atoms with E-state index in [1.807, 2.05) is 0 Å². The molecule has 0 spiro atoms. The Bertz CT molecular complexity index is 138. The first-order valence-corrected chi connectivity index (χ1v) is 4.91. The fourth-order valence-corrected chi connectivity index (χ4v) is 0.500. The van der Waals surface area contributed by atoms with Crippen LogP contribution in [0.1, 0.15) is 39.5 Å². The maximum atomic E-state index is 8.52. The summed E-state index contributed by atoms with van der Waals surface area (Å²) in [4.78, 5) is 0. The molecule has 0 saturated carbocycles. The molecule has 0 aliphatic heterocycles. The van der Waals surface area contributed by atoms with Crippen molar-refractivity contribution < 1.29 is 17.5 Å². The van der Waals surface area contributed by atoms with E-state index < -0.39 is 10.4 Å². The van der Waals surface area contributed by atoms with Gasteiger partial charge in [0.05, 0.1) is 0 Å². The molecule has 0 aliphatic carbocycles. The van der Waals surface area contributed by atoms with Crippen molar-refractivity contribution in [2.75, 3.05) is 0 Å². The summed E-state index contributed by atoms with van der Waals surface area (Å²) in [5.74, 6) is 0. The predicted octanol–water partition coefficient (Wildman–Crippen LogP) is 1.25. The lowest BCUT2D eigenvalue weighted by molar-refractivity contribution is 0.352. The Morgan fingerprint density at radius 1 is 1.00 bits per heavy atom. The molecule has 70 valence electrons. The van der Waals surface area contributed by atoms with E-state index in [2.05, 4.69) is 13.8 Å². The minimum Gasteiger partial charge on any atom is -0.759 e. The lowest BCUT2D eigenvalue weighted by atomic mass is 10.2. The van der Waals surface area contributed by atoms with Crippen molar-refractivity contribution in [1.82, 2.24) is 0 Å². The van der Waals surface area contributed by atoms with Crippen LogP contribution in [0.15, 0.2) is 0 Å². The van der Waals surface area contributed by atoms with Gasteiger partial charge in [-0.05, 0) is 0 Å². The van der Waals surface area contributed by atoms with Gasteiger partial charge < -0.3 is 9.11 Å². The second-order valence-electron chi connectivity index (χ2n) is 2.12. The van der Waals surface area contributed by atoms with Gasteiger partial charge in [0.1, 0.15) is 0 Å². The summed E-state index contributed by atoms with van der Waals surface area (Å²) in [5.41, 5.74) is 0. The van der Waals surface area contributed by atoms with Crippen LogP contribution in [-0.2, 0) is 10.4 Å². The minimum atomic E-state index is -5.17. The molecular formula is C6H14O4S-2. The molecule has 0 saturated heterocycles. The van der Waals surface area contributed by atoms with E-state index >= 15 is 0 Å². The van der Waals surface area contributed by atoms with Crippen LogP contribution >= 0.6 is 0 Å². The van der Waals surface area contributed by atoms with E-state index in [4.69, 9.17) is 17.5 Å². The molecule has 0 aromatic carbocycles. The number of rotatable bonds is 3. The molecule has 5 heteroatoms. The highest BCUT2D eigenvalue weighted by molar-refractivity contribution is 7.79. The van der Waals surface area contributed by atoms with Crippen molar-refractivity contribution in [2.24, 2.45) is 0 Å². The summed E-state index contributed by atoms with van der Waals surface area (Å²) in [5, 5.41) is 0. The highest BCUT2D eigenvalue weighted by atomic mass is 32.3. The molecule has 0 amide bonds. The molecule has 0 unspecified atom stereocenters. The maximum Gasteiger partial charge on any atom is 0.0311 e. The fourth-order valence-electron chi connectivity index (χ4n) is 0.500. The Morgan fingerprint density at radius 2 is 1.18 bits per heavy atom. The van der Waals surface area contributed by atoms with Gasteiger partial charge in [0.15, 0.2) is 0 Å². The van der Waals surface area contributed by atoms with Crippen LogP contribution in [-0.4, -0.2) is 17.5 Å². The van der Waals surface area contributed by atoms with E-state index in [9.17, 15) is 0 Å². The molecule has 0 rings (SSSR count). The van der Waals surface area contributed by atoms with E-state index in [-0.39, 0.29) is 0 Å². The largest absolute Gasteiger partial charge is 0.759 e. The van der Waals surface area contributed by atoms with E-state index in [0.717, 1.165) is 0 Å². The van der Waals surface area contributed by atoms with Crippen LogP contribution in [0.4, 0.5) is 0 Å². The van der Waals surface area contributed by atoms with Crippen LogP contribution < -0.4 is 0 Å². The van der Waals surface area contributed by atoms with Crippen molar-refractivity contribution in [3.63, 3.8) is 0 Å². The van der Waals surface area contributed by atoms with Crippen molar-refractivity contribution >= 4 is 10.4 Å². The quantitative estimate of drug-likeness (QED) is 0.373. The summed E-state index contributed by atoms with van der Waals surface area (Å²) in [7, 11) is -5.17. The van der Waals surface area contributed by atoms with Crippen molar-refractivity contribution in [2.45, 2.75) is 39.5 Å². The fraction of sp³-hybridized carbons (Fsp3) is 1.00. The Morgan fingerprint density at radius 3 is 1.27 bits per heavy atom. The Balaban J connectivity index is 0. The van der Waals surface area contributed by atoms with Crippen LogP contribution in [0.3, 0.4) is 0 Å². The SMILES string of the molecule is CCCCCC.O=S(=O)([O-])[O-]. The van der Waals surface area contributed by atoms with Crippen molar-refractivity contribution in [1.29, 1.82) is 0 Å². The molecule has 0 atom stereocenters. The topological polar surface area (TPSA) is 80.3 Å². The minimum absolute atomic E-state index is 1.36. The lowest BCUT2D eigenvalue weighted by Crippen LogP contribution is -1.91. The standard InChI is InChI=1S/C6H14.H2O4S/c1-3-5-6-4-2;1-5(2,3)4/h3-6H2,1-2H3;(H2,1,2,3,4)/p-2. The zero-order valence-electron chi connectivity index (χ0n) is 6.87. The monoisotopic (exact) mass is 182 g/mol. The molecule has 0 aromatic heterocycles. The number of hydrogen-bond acceptors (Lipinski definition) is 4. The third-order valence-electron chi connectivity index (χ3n) is 0.957. The zero-order chi connectivity index (χ0) is 9.33. The Kier molecular flexibility index (Phi) is 9.75. The summed E-state index contributed by atoms with van der Waals surface area (Å²) in [6.07, 6.45) is 5.54. The molecule has 0 bridgehead atoms. The van der Waals surface area contributed by atoms with Gasteiger partial charge in [0.2, 0.25) is 0 Å². The summed E-state index contributed by atoms with van der Waals surface area (Å²) < 4.78 is 34.1. The van der Waals surface area contributed by atoms with Crippen LogP contribution in [0.2, 0.25) is 0 Å². The smallest absolute Gasteiger partial charge is 0.0311 e. The molecule has 0 N–H and O–H groups in total. The maximum absolute atomic E-state index is 8.52. The number of unbranched alkanes of at least 4 members (excludes halogenated alkanes) is 3. The van der Waals surface area contributed by atoms with Gasteiger partial charge in [-0.2, -0.15) is 0 Å². The second kappa shape index (κ2) is 7.97. The molecule has 0 aromatic rings. The summed E-state index contributed by atoms with van der Waals surface area (Å²) in [6, 6.07) is 0. The first-order chi connectivity index (χ1) is 4.91. The van der Waals surface area contributed by atoms with Gasteiger partial charge in [-0.3, -0.25) is 8.42 Å². The first-order valence-electron chi connectivity index (χ1n) is 3.58. The van der Waals surface area contributed by atoms with Crippen molar-refractivity contribution in [3.8, 4) is 0 Å². The van der Waals surface area contributed by atoms with Crippen LogP contribution in [0.5, 0.6) is 0 Å². The average Bonchev–Trinajstić information content (AvgIpc) is 1.79. The van der Waals surface area contributed by atoms with Gasteiger partial charge in [0.25, 0.3) is 0 Å². The molecule has 0 aliphatic rings. The Labute approximate surface area is 68.2 Å². The van der Waals surface area contributed by atoms with Gasteiger partial charge in [-0.15, -0.1) is 0 Å². The van der Waals surface area contributed by atoms with Gasteiger partial charge in [-0.1, -0.05) is 39.5 Å². The Hall–Kier alpha value is -0.130. The highest BCUT2D eigenvalue weighted by Crippen LogP contribution is 1.95. The zero-order valence-corrected chi connectivity index (χ0v) is 7.69. The third kappa shape index (κ3) is 74.2. The van der Waals surface area contributed by atoms with Gasteiger partial charge >= 0.3 is 0 Å². The van der Waals surface area contributed by atoms with E-state index in [1.165, 1.54) is 25.7 Å². The van der Waals surface area contributed by atoms with E-state index in [0.29, 0.717) is 0 Å². The first kappa shape index (κ1) is 13.5. The molecule has 11 heavy (non-hydrogen) atoms. The molecule has 0 fully saturated rings. The van der Waals surface area contributed by atoms with Crippen LogP contribution in [0.25, 0.3) is 0 Å².